The van der Waals surface area contributed by atoms with Gasteiger partial charge in [0.25, 0.3) is 0 Å². The second kappa shape index (κ2) is 18.7. The Hall–Kier alpha value is -1.52. The van der Waals surface area contributed by atoms with Gasteiger partial charge in [0.1, 0.15) is 20.2 Å². The molecule has 45 heavy (non-hydrogen) atoms. The molecule has 0 saturated heterocycles. The summed E-state index contributed by atoms with van der Waals surface area (Å²) < 4.78 is 70.4. The van der Waals surface area contributed by atoms with E-state index in [1.165, 1.54) is 11.1 Å². The van der Waals surface area contributed by atoms with Gasteiger partial charge in [-0.15, -0.1) is 0 Å². The molecule has 4 aromatic rings. The van der Waals surface area contributed by atoms with Crippen molar-refractivity contribution in [3.8, 4) is 0 Å². The summed E-state index contributed by atoms with van der Waals surface area (Å²) in [7, 11) is -8.94. The number of aryl methyl sites for hydroxylation is 4. The molecular weight excluding hydrogens is 633 g/mol. The van der Waals surface area contributed by atoms with Crippen molar-refractivity contribution in [2.24, 2.45) is 0 Å². The van der Waals surface area contributed by atoms with E-state index in [-0.39, 0.29) is 47.5 Å². The third kappa shape index (κ3) is 11.3. The molecule has 240 valence electrons. The van der Waals surface area contributed by atoms with Crippen LogP contribution in [-0.2, 0) is 45.9 Å². The monoisotopic (exact) mass is 678 g/mol. The van der Waals surface area contributed by atoms with Gasteiger partial charge in [-0.05, 0) is 95.2 Å². The Balaban J connectivity index is 0.000000307. The minimum absolute atomic E-state index is 0. The zero-order valence-corrected chi connectivity index (χ0v) is 31.1. The van der Waals surface area contributed by atoms with Gasteiger partial charge in [-0.3, -0.25) is 0 Å². The van der Waals surface area contributed by atoms with E-state index in [0.29, 0.717) is 34.7 Å². The third-order valence-electron chi connectivity index (χ3n) is 7.97. The van der Waals surface area contributed by atoms with Gasteiger partial charge in [0.2, 0.25) is 0 Å². The molecule has 0 unspecified atom stereocenters. The average Bonchev–Trinajstić information content (AvgIpc) is 2.99. The number of fused-ring (bicyclic) bond motifs is 2. The predicted molar refractivity (Wildman–Crippen MR) is 184 cm³/mol. The van der Waals surface area contributed by atoms with Gasteiger partial charge in [-0.1, -0.05) is 114 Å². The predicted octanol–water partition coefficient (Wildman–Crippen LogP) is 8.48. The summed E-state index contributed by atoms with van der Waals surface area (Å²) in [6.45, 7) is 8.38. The van der Waals surface area contributed by atoms with E-state index in [1.807, 2.05) is 50.2 Å². The van der Waals surface area contributed by atoms with Crippen molar-refractivity contribution in [2.45, 2.75) is 115 Å². The van der Waals surface area contributed by atoms with Gasteiger partial charge < -0.3 is 9.11 Å². The van der Waals surface area contributed by atoms with Gasteiger partial charge in [0.05, 0.1) is 9.79 Å². The van der Waals surface area contributed by atoms with Crippen LogP contribution in [0.15, 0.2) is 70.5 Å². The van der Waals surface area contributed by atoms with Gasteiger partial charge >= 0.3 is 37.7 Å². The fraction of sp³-hybridized carbons (Fsp3) is 0.444. The molecular formula is C36H46CaO6S2. The van der Waals surface area contributed by atoms with Gasteiger partial charge in [-0.2, -0.15) is 0 Å². The second-order valence-electron chi connectivity index (χ2n) is 11.5. The van der Waals surface area contributed by atoms with Gasteiger partial charge in [-0.25, -0.2) is 16.8 Å². The van der Waals surface area contributed by atoms with Crippen molar-refractivity contribution in [1.82, 2.24) is 0 Å². The van der Waals surface area contributed by atoms with Crippen LogP contribution in [0.1, 0.15) is 101 Å². The molecule has 0 amide bonds. The number of hydrogen-bond donors (Lipinski definition) is 0. The Morgan fingerprint density at radius 1 is 0.489 bits per heavy atom. The Bertz CT molecular complexity index is 1630. The molecule has 4 rings (SSSR count). The molecule has 0 atom stereocenters. The van der Waals surface area contributed by atoms with E-state index in [9.17, 15) is 25.9 Å². The summed E-state index contributed by atoms with van der Waals surface area (Å²) in [5, 5.41) is 2.79. The van der Waals surface area contributed by atoms with E-state index in [4.69, 9.17) is 0 Å². The molecule has 0 spiro atoms. The molecule has 0 aliphatic carbocycles. The van der Waals surface area contributed by atoms with Gasteiger partial charge in [0.15, 0.2) is 0 Å². The average molecular weight is 679 g/mol. The second-order valence-corrected chi connectivity index (χ2v) is 14.2. The number of unbranched alkanes of at least 4 members (excludes halogenated alkanes) is 4. The fourth-order valence-electron chi connectivity index (χ4n) is 5.58. The van der Waals surface area contributed by atoms with Crippen LogP contribution in [0.2, 0.25) is 0 Å². The van der Waals surface area contributed by atoms with E-state index in [0.717, 1.165) is 75.0 Å². The molecule has 0 bridgehead atoms. The molecule has 0 heterocycles. The maximum absolute atomic E-state index is 11.7. The molecule has 0 radical (unpaired) electrons. The molecule has 0 aromatic heterocycles. The minimum atomic E-state index is -4.47. The largest absolute Gasteiger partial charge is 2.00 e. The Kier molecular flexibility index (Phi) is 16.5. The van der Waals surface area contributed by atoms with Crippen molar-refractivity contribution in [2.75, 3.05) is 0 Å². The van der Waals surface area contributed by atoms with Gasteiger partial charge in [0, 0.05) is 0 Å². The first-order chi connectivity index (χ1) is 20.9. The molecule has 6 nitrogen and oxygen atoms in total. The maximum Gasteiger partial charge on any atom is 2.00 e. The van der Waals surface area contributed by atoms with E-state index in [2.05, 4.69) is 13.8 Å². The molecule has 0 aliphatic heterocycles. The summed E-state index contributed by atoms with van der Waals surface area (Å²) in [6, 6.07) is 18.9. The molecule has 0 aliphatic rings. The van der Waals surface area contributed by atoms with Crippen molar-refractivity contribution < 1.29 is 25.9 Å². The molecule has 9 heteroatoms. The van der Waals surface area contributed by atoms with Crippen molar-refractivity contribution in [1.29, 1.82) is 0 Å². The van der Waals surface area contributed by atoms with Crippen LogP contribution in [0, 0.1) is 0 Å². The Morgan fingerprint density at radius 3 is 1.13 bits per heavy atom. The first kappa shape index (κ1) is 39.7. The fourth-order valence-corrected chi connectivity index (χ4v) is 7.48. The summed E-state index contributed by atoms with van der Waals surface area (Å²) in [5.74, 6) is 0. The Labute approximate surface area is 300 Å². The van der Waals surface area contributed by atoms with Crippen LogP contribution in [0.25, 0.3) is 21.5 Å². The maximum atomic E-state index is 11.7. The first-order valence-electron chi connectivity index (χ1n) is 15.9. The van der Waals surface area contributed by atoms with E-state index < -0.39 is 20.2 Å². The van der Waals surface area contributed by atoms with Crippen molar-refractivity contribution >= 4 is 79.5 Å². The number of hydrogen-bond acceptors (Lipinski definition) is 6. The van der Waals surface area contributed by atoms with E-state index >= 15 is 0 Å². The molecule has 0 fully saturated rings. The number of rotatable bonds is 14. The zero-order valence-electron chi connectivity index (χ0n) is 27.2. The third-order valence-corrected chi connectivity index (χ3v) is 9.93. The van der Waals surface area contributed by atoms with Crippen LogP contribution in [0.5, 0.6) is 0 Å². The zero-order chi connectivity index (χ0) is 32.3. The van der Waals surface area contributed by atoms with Crippen LogP contribution < -0.4 is 0 Å². The summed E-state index contributed by atoms with van der Waals surface area (Å²) in [5.41, 5.74) is 3.66. The van der Waals surface area contributed by atoms with Crippen LogP contribution >= 0.6 is 0 Å². The number of benzene rings is 4. The van der Waals surface area contributed by atoms with Crippen LogP contribution in [-0.4, -0.2) is 63.7 Å². The van der Waals surface area contributed by atoms with Crippen LogP contribution in [0.4, 0.5) is 0 Å². The quantitative estimate of drug-likeness (QED) is 0.0976. The summed E-state index contributed by atoms with van der Waals surface area (Å²) in [6.07, 6.45) is 11.3. The molecule has 0 N–H and O–H groups in total. The summed E-state index contributed by atoms with van der Waals surface area (Å²) >= 11 is 0. The smallest absolute Gasteiger partial charge is 0.744 e. The normalized spacial score (nSPS) is 11.7. The van der Waals surface area contributed by atoms with Crippen LogP contribution in [0.3, 0.4) is 0 Å². The topological polar surface area (TPSA) is 114 Å². The van der Waals surface area contributed by atoms with Crippen molar-refractivity contribution in [3.63, 3.8) is 0 Å². The van der Waals surface area contributed by atoms with Crippen molar-refractivity contribution in [3.05, 3.63) is 82.9 Å². The Morgan fingerprint density at radius 2 is 0.822 bits per heavy atom. The first-order valence-corrected chi connectivity index (χ1v) is 18.8. The summed E-state index contributed by atoms with van der Waals surface area (Å²) in [4.78, 5) is -0.0546. The van der Waals surface area contributed by atoms with E-state index in [1.54, 1.807) is 24.3 Å². The molecule has 4 aromatic carbocycles. The SMILES string of the molecule is CCCCc1ccc2c(S(=O)(=O)[O-])c(CCCC)ccc2c1.CCCCc1ccc2c(S(=O)(=O)[O-])c(CCCC)ccc2c1.[Ca+2]. The molecule has 0 saturated carbocycles. The minimum Gasteiger partial charge on any atom is -0.744 e. The standard InChI is InChI=1S/2C18H24O3S.Ca/c2*1-3-5-7-14-9-12-17-16(13-14)11-10-15(8-6-4-2)18(17)22(19,20)21;/h2*9-13H,3-8H2,1-2H3,(H,19,20,21);/q;;+2/p-2.